The molecule has 2 aliphatic rings. The molecule has 1 aliphatic heterocycles. The minimum Gasteiger partial charge on any atom is -0.462 e. The molecule has 0 atom stereocenters. The average Bonchev–Trinajstić information content (AvgIpc) is 2.95. The van der Waals surface area contributed by atoms with Gasteiger partial charge in [0.15, 0.2) is 0 Å². The average molecular weight is 372 g/mol. The van der Waals surface area contributed by atoms with E-state index in [0.717, 1.165) is 47.6 Å². The van der Waals surface area contributed by atoms with Crippen LogP contribution in [0.4, 0.5) is 4.79 Å². The molecule has 2 amide bonds. The quantitative estimate of drug-likeness (QED) is 0.497. The third-order valence-corrected chi connectivity index (χ3v) is 5.69. The van der Waals surface area contributed by atoms with Crippen molar-refractivity contribution in [2.75, 3.05) is 0 Å². The van der Waals surface area contributed by atoms with E-state index in [-0.39, 0.29) is 11.1 Å². The molecule has 1 heterocycles. The molecular weight excluding hydrogens is 346 g/mol. The van der Waals surface area contributed by atoms with E-state index in [0.29, 0.717) is 4.91 Å². The number of nitrogens with one attached hydrogen (secondary N) is 1. The van der Waals surface area contributed by atoms with Crippen LogP contribution in [0, 0.1) is 5.92 Å². The second-order valence-corrected chi connectivity index (χ2v) is 7.97. The van der Waals surface area contributed by atoms with Gasteiger partial charge >= 0.3 is 0 Å². The highest BCUT2D eigenvalue weighted by molar-refractivity contribution is 8.18. The molecule has 138 valence electrons. The molecule has 1 aromatic carbocycles. The lowest BCUT2D eigenvalue weighted by molar-refractivity contribution is -0.115. The smallest absolute Gasteiger partial charge is 0.290 e. The van der Waals surface area contributed by atoms with Gasteiger partial charge in [0.1, 0.15) is 5.75 Å². The topological polar surface area (TPSA) is 55.4 Å². The van der Waals surface area contributed by atoms with Crippen molar-refractivity contribution >= 4 is 29.0 Å². The second-order valence-electron chi connectivity index (χ2n) is 6.96. The van der Waals surface area contributed by atoms with Gasteiger partial charge in [-0.3, -0.25) is 14.9 Å². The van der Waals surface area contributed by atoms with Crippen LogP contribution in [0.25, 0.3) is 6.08 Å². The Morgan fingerprint density at radius 2 is 1.92 bits per heavy atom. The maximum absolute atomic E-state index is 11.6. The maximum atomic E-state index is 11.6. The number of imide groups is 1. The molecule has 5 heteroatoms. The van der Waals surface area contributed by atoms with Gasteiger partial charge in [0.05, 0.1) is 10.7 Å². The number of carbonyl (C=O) groups excluding carboxylic acids is 2. The summed E-state index contributed by atoms with van der Waals surface area (Å²) in [6.07, 6.45) is 11.9. The molecule has 1 aliphatic carbocycles. The molecule has 0 spiro atoms. The van der Waals surface area contributed by atoms with Gasteiger partial charge in [-0.1, -0.05) is 57.2 Å². The van der Waals surface area contributed by atoms with Gasteiger partial charge in [0, 0.05) is 6.42 Å². The van der Waals surface area contributed by atoms with E-state index in [1.165, 1.54) is 38.5 Å². The first-order valence-electron chi connectivity index (χ1n) is 9.31. The van der Waals surface area contributed by atoms with E-state index >= 15 is 0 Å². The first-order valence-corrected chi connectivity index (χ1v) is 10.1. The third-order valence-electron chi connectivity index (χ3n) is 4.87. The van der Waals surface area contributed by atoms with E-state index in [9.17, 15) is 9.59 Å². The number of amides is 2. The van der Waals surface area contributed by atoms with Crippen LogP contribution >= 0.6 is 11.8 Å². The van der Waals surface area contributed by atoms with Gasteiger partial charge in [-0.2, -0.15) is 0 Å². The Kier molecular flexibility index (Phi) is 6.56. The fraction of sp³-hybridized carbons (Fsp3) is 0.429. The van der Waals surface area contributed by atoms with Crippen molar-refractivity contribution < 1.29 is 14.3 Å². The Balaban J connectivity index is 1.44. The fourth-order valence-corrected chi connectivity index (χ4v) is 4.17. The van der Waals surface area contributed by atoms with Crippen LogP contribution in [0.15, 0.2) is 41.5 Å². The SMILES string of the molecule is C=C(CCCC1CCCCC1)Oc1ccc(/C=C2\SC(=O)NC2=O)cc1. The van der Waals surface area contributed by atoms with Crippen molar-refractivity contribution in [1.82, 2.24) is 5.32 Å². The Bertz CT molecular complexity index is 702. The second kappa shape index (κ2) is 9.08. The monoisotopic (exact) mass is 371 g/mol. The summed E-state index contributed by atoms with van der Waals surface area (Å²) < 4.78 is 5.81. The van der Waals surface area contributed by atoms with Gasteiger partial charge in [-0.15, -0.1) is 0 Å². The van der Waals surface area contributed by atoms with Crippen molar-refractivity contribution in [2.45, 2.75) is 51.4 Å². The van der Waals surface area contributed by atoms with Crippen LogP contribution in [0.3, 0.4) is 0 Å². The number of rotatable bonds is 7. The Morgan fingerprint density at radius 1 is 1.19 bits per heavy atom. The van der Waals surface area contributed by atoms with Gasteiger partial charge in [0.2, 0.25) is 0 Å². The van der Waals surface area contributed by atoms with Crippen molar-refractivity contribution in [1.29, 1.82) is 0 Å². The van der Waals surface area contributed by atoms with Crippen molar-refractivity contribution in [2.24, 2.45) is 5.92 Å². The van der Waals surface area contributed by atoms with Crippen LogP contribution in [-0.2, 0) is 4.79 Å². The molecule has 2 fully saturated rings. The van der Waals surface area contributed by atoms with E-state index in [1.807, 2.05) is 24.3 Å². The number of carbonyl (C=O) groups is 2. The van der Waals surface area contributed by atoms with E-state index in [2.05, 4.69) is 11.9 Å². The molecule has 1 aromatic rings. The minimum absolute atomic E-state index is 0.328. The minimum atomic E-state index is -0.341. The van der Waals surface area contributed by atoms with Gasteiger partial charge < -0.3 is 4.74 Å². The molecule has 0 radical (unpaired) electrons. The number of benzene rings is 1. The zero-order valence-electron chi connectivity index (χ0n) is 15.0. The van der Waals surface area contributed by atoms with Crippen LogP contribution in [-0.4, -0.2) is 11.1 Å². The van der Waals surface area contributed by atoms with Crippen molar-refractivity contribution in [3.05, 3.63) is 47.1 Å². The number of ether oxygens (including phenoxy) is 1. The molecule has 1 saturated heterocycles. The highest BCUT2D eigenvalue weighted by Crippen LogP contribution is 2.29. The molecule has 4 nitrogen and oxygen atoms in total. The van der Waals surface area contributed by atoms with Crippen LogP contribution in [0.2, 0.25) is 0 Å². The maximum Gasteiger partial charge on any atom is 0.290 e. The Morgan fingerprint density at radius 3 is 2.58 bits per heavy atom. The summed E-state index contributed by atoms with van der Waals surface area (Å²) in [6.45, 7) is 4.03. The molecule has 26 heavy (non-hydrogen) atoms. The highest BCUT2D eigenvalue weighted by Gasteiger charge is 2.24. The van der Waals surface area contributed by atoms with E-state index < -0.39 is 0 Å². The summed E-state index contributed by atoms with van der Waals surface area (Å²) in [6, 6.07) is 7.46. The summed E-state index contributed by atoms with van der Waals surface area (Å²) >= 11 is 0.920. The molecular formula is C21H25NO3S. The van der Waals surface area contributed by atoms with Crippen LogP contribution < -0.4 is 10.1 Å². The molecule has 1 saturated carbocycles. The lowest BCUT2D eigenvalue weighted by Gasteiger charge is -2.21. The number of hydrogen-bond donors (Lipinski definition) is 1. The van der Waals surface area contributed by atoms with Crippen molar-refractivity contribution in [3.63, 3.8) is 0 Å². The fourth-order valence-electron chi connectivity index (χ4n) is 3.49. The normalized spacial score (nSPS) is 19.6. The highest BCUT2D eigenvalue weighted by atomic mass is 32.2. The number of thioether (sulfide) groups is 1. The summed E-state index contributed by atoms with van der Waals surface area (Å²) in [5, 5.41) is 1.92. The molecule has 0 unspecified atom stereocenters. The predicted molar refractivity (Wildman–Crippen MR) is 106 cm³/mol. The van der Waals surface area contributed by atoms with Gasteiger partial charge in [-0.05, 0) is 47.9 Å². The molecule has 3 rings (SSSR count). The van der Waals surface area contributed by atoms with Crippen LogP contribution in [0.1, 0.15) is 56.9 Å². The van der Waals surface area contributed by atoms with Crippen LogP contribution in [0.5, 0.6) is 5.75 Å². The summed E-state index contributed by atoms with van der Waals surface area (Å²) in [5.41, 5.74) is 0.854. The van der Waals surface area contributed by atoms with E-state index in [4.69, 9.17) is 4.74 Å². The largest absolute Gasteiger partial charge is 0.462 e. The summed E-state index contributed by atoms with van der Waals surface area (Å²) in [7, 11) is 0. The summed E-state index contributed by atoms with van der Waals surface area (Å²) in [4.78, 5) is 23.1. The zero-order chi connectivity index (χ0) is 18.4. The lowest BCUT2D eigenvalue weighted by Crippen LogP contribution is -2.17. The zero-order valence-corrected chi connectivity index (χ0v) is 15.8. The Hall–Kier alpha value is -2.01. The van der Waals surface area contributed by atoms with Crippen molar-refractivity contribution in [3.8, 4) is 5.75 Å². The predicted octanol–water partition coefficient (Wildman–Crippen LogP) is 5.65. The Labute approximate surface area is 159 Å². The standard InChI is InChI=1S/C21H25NO3S/c1-15(6-5-9-16-7-3-2-4-8-16)25-18-12-10-17(11-13-18)14-19-20(23)22-21(24)26-19/h10-14,16H,1-9H2,(H,22,23,24)/b19-14-. The lowest BCUT2D eigenvalue weighted by atomic mass is 9.86. The number of hydrogen-bond acceptors (Lipinski definition) is 4. The van der Waals surface area contributed by atoms with Gasteiger partial charge in [0.25, 0.3) is 11.1 Å². The molecule has 0 bridgehead atoms. The molecule has 0 aromatic heterocycles. The number of allylic oxidation sites excluding steroid dienone is 1. The first kappa shape index (κ1) is 18.8. The van der Waals surface area contributed by atoms with Gasteiger partial charge in [-0.25, -0.2) is 0 Å². The molecule has 1 N–H and O–H groups in total. The van der Waals surface area contributed by atoms with E-state index in [1.54, 1.807) is 6.08 Å². The first-order chi connectivity index (χ1) is 12.6. The summed E-state index contributed by atoms with van der Waals surface area (Å²) in [5.74, 6) is 2.09. The third kappa shape index (κ3) is 5.49.